The first-order valence-corrected chi connectivity index (χ1v) is 17.9. The Labute approximate surface area is 134 Å². The number of hydrogen-bond acceptors (Lipinski definition) is 0. The van der Waals surface area contributed by atoms with Gasteiger partial charge < -0.3 is 0 Å². The van der Waals surface area contributed by atoms with Gasteiger partial charge in [-0.15, -0.1) is 0 Å². The van der Waals surface area contributed by atoms with Crippen LogP contribution in [-0.2, 0) is 20.9 Å². The van der Waals surface area contributed by atoms with Gasteiger partial charge in [0.1, 0.15) is 0 Å². The van der Waals surface area contributed by atoms with Crippen molar-refractivity contribution in [1.82, 2.24) is 0 Å². The molecule has 0 atom stereocenters. The average molecular weight is 365 g/mol. The summed E-state index contributed by atoms with van der Waals surface area (Å²) in [6.07, 6.45) is 18.0. The third-order valence-electron chi connectivity index (χ3n) is 4.23. The third-order valence-corrected chi connectivity index (χ3v) is 23.4. The minimum absolute atomic E-state index is 0.493. The minimum atomic E-state index is -1.44. The second kappa shape index (κ2) is 7.90. The summed E-state index contributed by atoms with van der Waals surface area (Å²) in [5.74, 6) is -0.493. The maximum absolute atomic E-state index is 2.62. The Bertz CT molecular complexity index is 426. The molecule has 0 heterocycles. The van der Waals surface area contributed by atoms with Crippen LogP contribution < -0.4 is 0 Å². The molecule has 0 bridgehead atoms. The molecule has 2 aliphatic carbocycles. The van der Waals surface area contributed by atoms with Crippen molar-refractivity contribution in [2.45, 2.75) is 65.5 Å². The summed E-state index contributed by atoms with van der Waals surface area (Å²) in [4.78, 5) is 0. The zero-order valence-corrected chi connectivity index (χ0v) is 17.2. The van der Waals surface area contributed by atoms with E-state index >= 15 is 0 Å². The van der Waals surface area contributed by atoms with E-state index in [2.05, 4.69) is 51.2 Å². The fourth-order valence-electron chi connectivity index (χ4n) is 3.41. The van der Waals surface area contributed by atoms with Crippen LogP contribution in [0.4, 0.5) is 0 Å². The Morgan fingerprint density at radius 3 is 1.70 bits per heavy atom. The van der Waals surface area contributed by atoms with E-state index in [1.54, 1.807) is 11.1 Å². The molecule has 0 spiro atoms. The Balaban J connectivity index is 2.11. The van der Waals surface area contributed by atoms with Crippen molar-refractivity contribution in [2.24, 2.45) is 0 Å². The molecule has 0 N–H and O–H groups in total. The summed E-state index contributed by atoms with van der Waals surface area (Å²) in [5, 5.41) is 0. The normalized spacial score (nSPS) is 18.1. The molecule has 0 saturated carbocycles. The fraction of sp³-hybridized carbons (Fsp3) is 0.556. The van der Waals surface area contributed by atoms with Crippen LogP contribution in [0.1, 0.15) is 52.4 Å². The summed E-state index contributed by atoms with van der Waals surface area (Å²) in [7, 11) is 0. The molecule has 0 amide bonds. The molecular weight excluding hydrogens is 336 g/mol. The molecule has 0 nitrogen and oxygen atoms in total. The van der Waals surface area contributed by atoms with Crippen LogP contribution in [0, 0.1) is 0 Å². The van der Waals surface area contributed by atoms with Gasteiger partial charge in [-0.2, -0.15) is 0 Å². The van der Waals surface area contributed by atoms with Crippen LogP contribution in [0.25, 0.3) is 0 Å². The zero-order valence-electron chi connectivity index (χ0n) is 13.6. The molecular formula is C18H29SiZr. The van der Waals surface area contributed by atoms with Gasteiger partial charge in [-0.25, -0.2) is 0 Å². The predicted molar refractivity (Wildman–Crippen MR) is 90.3 cm³/mol. The van der Waals surface area contributed by atoms with Gasteiger partial charge in [-0.1, -0.05) is 0 Å². The van der Waals surface area contributed by atoms with E-state index in [1.165, 1.54) is 38.5 Å². The van der Waals surface area contributed by atoms with Crippen LogP contribution >= 0.6 is 0 Å². The van der Waals surface area contributed by atoms with Gasteiger partial charge in [0.05, 0.1) is 0 Å². The monoisotopic (exact) mass is 363 g/mol. The van der Waals surface area contributed by atoms with E-state index in [1.807, 2.05) is 6.56 Å². The van der Waals surface area contributed by atoms with Crippen molar-refractivity contribution >= 4 is 5.92 Å². The first-order chi connectivity index (χ1) is 9.65. The Morgan fingerprint density at radius 1 is 0.900 bits per heavy atom. The number of allylic oxidation sites excluding steroid dienone is 8. The van der Waals surface area contributed by atoms with Crippen LogP contribution in [0.3, 0.4) is 0 Å². The molecule has 2 rings (SSSR count). The first kappa shape index (κ1) is 16.4. The van der Waals surface area contributed by atoms with Crippen LogP contribution in [0.2, 0.25) is 13.1 Å². The van der Waals surface area contributed by atoms with Gasteiger partial charge in [0.25, 0.3) is 0 Å². The molecule has 0 unspecified atom stereocenters. The summed E-state index contributed by atoms with van der Waals surface area (Å²) in [6, 6.07) is 0. The maximum atomic E-state index is 2.62. The van der Waals surface area contributed by atoms with Gasteiger partial charge in [-0.3, -0.25) is 0 Å². The van der Waals surface area contributed by atoms with Crippen molar-refractivity contribution in [2.75, 3.05) is 0 Å². The summed E-state index contributed by atoms with van der Waals surface area (Å²) in [5.41, 5.74) is 3.27. The van der Waals surface area contributed by atoms with Crippen molar-refractivity contribution in [3.8, 4) is 0 Å². The molecule has 20 heavy (non-hydrogen) atoms. The standard InChI is InChI=1S/2C8H11.C2H7Si.Zr/c2*1-2-5-8-6-3-4-7-8;1-3-2;/h2*6-7H,2-3,5H2,1H3;3H,1-2H3;. The SMILES string of the molecule is CCCC1=CC[C]([Zr]([C]2=CC(CCC)=CC2)[SiH](C)C)=C1. The predicted octanol–water partition coefficient (Wildman–Crippen LogP) is 5.62. The van der Waals surface area contributed by atoms with Crippen LogP contribution in [0.15, 0.2) is 42.0 Å². The Hall–Kier alpha value is 0.0600. The van der Waals surface area contributed by atoms with E-state index in [9.17, 15) is 0 Å². The summed E-state index contributed by atoms with van der Waals surface area (Å²) < 4.78 is 3.82. The third kappa shape index (κ3) is 4.04. The van der Waals surface area contributed by atoms with Gasteiger partial charge in [0.2, 0.25) is 0 Å². The van der Waals surface area contributed by atoms with Crippen molar-refractivity contribution in [3.05, 3.63) is 42.0 Å². The summed E-state index contributed by atoms with van der Waals surface area (Å²) in [6.45, 7) is 9.80. The molecule has 2 heteroatoms. The van der Waals surface area contributed by atoms with E-state index < -0.39 is 26.8 Å². The van der Waals surface area contributed by atoms with Gasteiger partial charge in [0.15, 0.2) is 0 Å². The molecule has 0 radical (unpaired) electrons. The van der Waals surface area contributed by atoms with Crippen molar-refractivity contribution < 1.29 is 20.9 Å². The van der Waals surface area contributed by atoms with E-state index in [0.29, 0.717) is 0 Å². The second-order valence-corrected chi connectivity index (χ2v) is 25.8. The van der Waals surface area contributed by atoms with Crippen LogP contribution in [0.5, 0.6) is 0 Å². The van der Waals surface area contributed by atoms with Gasteiger partial charge in [-0.05, 0) is 0 Å². The molecule has 0 aromatic rings. The van der Waals surface area contributed by atoms with E-state index in [0.717, 1.165) is 0 Å². The van der Waals surface area contributed by atoms with Crippen molar-refractivity contribution in [3.63, 3.8) is 0 Å². The van der Waals surface area contributed by atoms with Crippen molar-refractivity contribution in [1.29, 1.82) is 0 Å². The van der Waals surface area contributed by atoms with Crippen LogP contribution in [-0.4, -0.2) is 5.92 Å². The van der Waals surface area contributed by atoms with Gasteiger partial charge in [0, 0.05) is 0 Å². The Morgan fingerprint density at radius 2 is 1.35 bits per heavy atom. The molecule has 2 aliphatic rings. The number of hydrogen-bond donors (Lipinski definition) is 0. The average Bonchev–Trinajstić information content (AvgIpc) is 3.01. The van der Waals surface area contributed by atoms with E-state index in [4.69, 9.17) is 0 Å². The molecule has 0 aromatic heterocycles. The molecule has 0 aromatic carbocycles. The van der Waals surface area contributed by atoms with Gasteiger partial charge >= 0.3 is 134 Å². The molecule has 0 saturated heterocycles. The van der Waals surface area contributed by atoms with E-state index in [-0.39, 0.29) is 0 Å². The topological polar surface area (TPSA) is 0 Å². The summed E-state index contributed by atoms with van der Waals surface area (Å²) >= 11 is -1.44. The quantitative estimate of drug-likeness (QED) is 0.515. The molecule has 0 aliphatic heterocycles. The zero-order chi connectivity index (χ0) is 14.5. The molecule has 109 valence electrons. The first-order valence-electron chi connectivity index (χ1n) is 8.32. The Kier molecular flexibility index (Phi) is 6.49. The fourth-order valence-corrected chi connectivity index (χ4v) is 22.5. The number of rotatable bonds is 7. The molecule has 0 fully saturated rings. The second-order valence-electron chi connectivity index (χ2n) is 6.37.